The van der Waals surface area contributed by atoms with Crippen LogP contribution in [0.25, 0.3) is 0 Å². The quantitative estimate of drug-likeness (QED) is 0.513. The topological polar surface area (TPSA) is 47.9 Å². The molecule has 1 aromatic rings. The normalized spacial score (nSPS) is 17.3. The Labute approximate surface area is 144 Å². The number of likely N-dealkylation sites (tertiary alicyclic amines) is 1. The Morgan fingerprint density at radius 1 is 1.21 bits per heavy atom. The second-order valence-corrected chi connectivity index (χ2v) is 6.46. The number of para-hydroxylation sites is 1. The van der Waals surface area contributed by atoms with E-state index in [9.17, 15) is 4.79 Å². The number of rotatable bonds is 5. The van der Waals surface area contributed by atoms with Crippen LogP contribution in [0.3, 0.4) is 0 Å². The molecule has 2 heterocycles. The number of nitrogens with one attached hydrogen (secondary N) is 1. The molecular weight excluding hydrogens is 300 g/mol. The van der Waals surface area contributed by atoms with Crippen LogP contribution in [0.1, 0.15) is 38.2 Å². The molecule has 2 aliphatic rings. The molecule has 130 valence electrons. The molecule has 24 heavy (non-hydrogen) atoms. The summed E-state index contributed by atoms with van der Waals surface area (Å²) in [5.41, 5.74) is 2.38. The zero-order valence-electron chi connectivity index (χ0n) is 14.6. The predicted octanol–water partition coefficient (Wildman–Crippen LogP) is 2.42. The van der Waals surface area contributed by atoms with Crippen molar-refractivity contribution in [1.82, 2.24) is 10.2 Å². The summed E-state index contributed by atoms with van der Waals surface area (Å²) < 4.78 is 0. The van der Waals surface area contributed by atoms with Gasteiger partial charge in [0.15, 0.2) is 5.96 Å². The Hall–Kier alpha value is -2.04. The minimum absolute atomic E-state index is 0.223. The van der Waals surface area contributed by atoms with Gasteiger partial charge in [-0.1, -0.05) is 18.2 Å². The van der Waals surface area contributed by atoms with Crippen molar-refractivity contribution in [2.24, 2.45) is 4.99 Å². The minimum Gasteiger partial charge on any atom is -0.357 e. The van der Waals surface area contributed by atoms with Crippen LogP contribution in [0.5, 0.6) is 0 Å². The summed E-state index contributed by atoms with van der Waals surface area (Å²) in [4.78, 5) is 21.4. The van der Waals surface area contributed by atoms with Crippen molar-refractivity contribution in [3.8, 4) is 0 Å². The zero-order chi connectivity index (χ0) is 16.8. The molecule has 0 unspecified atom stereocenters. The van der Waals surface area contributed by atoms with E-state index in [0.29, 0.717) is 13.0 Å². The van der Waals surface area contributed by atoms with E-state index < -0.39 is 0 Å². The SMILES string of the molecule is CCNC(=NCCCC(=O)N1CCc2ccccc21)N1CCCC1. The molecule has 0 aromatic heterocycles. The predicted molar refractivity (Wildman–Crippen MR) is 98.5 cm³/mol. The van der Waals surface area contributed by atoms with Crippen LogP contribution in [-0.2, 0) is 11.2 Å². The molecule has 0 radical (unpaired) electrons. The second kappa shape index (κ2) is 8.18. The summed E-state index contributed by atoms with van der Waals surface area (Å²) >= 11 is 0. The molecule has 1 saturated heterocycles. The fourth-order valence-electron chi connectivity index (χ4n) is 3.50. The van der Waals surface area contributed by atoms with Gasteiger partial charge in [-0.3, -0.25) is 9.79 Å². The molecule has 0 spiro atoms. The van der Waals surface area contributed by atoms with Gasteiger partial charge in [-0.25, -0.2) is 0 Å². The number of amides is 1. The standard InChI is InChI=1S/C19H28N4O/c1-2-20-19(22-13-5-6-14-22)21-12-7-10-18(24)23-15-11-16-8-3-4-9-17(16)23/h3-4,8-9H,2,5-7,10-15H2,1H3,(H,20,21). The summed E-state index contributed by atoms with van der Waals surface area (Å²) in [7, 11) is 0. The van der Waals surface area contributed by atoms with Gasteiger partial charge in [-0.2, -0.15) is 0 Å². The lowest BCUT2D eigenvalue weighted by Crippen LogP contribution is -2.39. The lowest BCUT2D eigenvalue weighted by molar-refractivity contribution is -0.118. The van der Waals surface area contributed by atoms with Crippen LogP contribution >= 0.6 is 0 Å². The molecule has 0 aliphatic carbocycles. The number of aliphatic imine (C=N–C) groups is 1. The van der Waals surface area contributed by atoms with Crippen LogP contribution in [-0.4, -0.2) is 49.5 Å². The molecule has 5 nitrogen and oxygen atoms in total. The van der Waals surface area contributed by atoms with E-state index in [1.54, 1.807) is 0 Å². The van der Waals surface area contributed by atoms with E-state index in [1.165, 1.54) is 18.4 Å². The minimum atomic E-state index is 0.223. The van der Waals surface area contributed by atoms with Crippen molar-refractivity contribution in [3.63, 3.8) is 0 Å². The van der Waals surface area contributed by atoms with Gasteiger partial charge in [0.05, 0.1) is 0 Å². The highest BCUT2D eigenvalue weighted by Crippen LogP contribution is 2.28. The van der Waals surface area contributed by atoms with Gasteiger partial charge in [0.1, 0.15) is 0 Å². The fraction of sp³-hybridized carbons (Fsp3) is 0.579. The van der Waals surface area contributed by atoms with E-state index in [1.807, 2.05) is 17.0 Å². The van der Waals surface area contributed by atoms with E-state index in [4.69, 9.17) is 4.99 Å². The maximum Gasteiger partial charge on any atom is 0.227 e. The molecule has 1 N–H and O–H groups in total. The average molecular weight is 328 g/mol. The molecule has 1 fully saturated rings. The lowest BCUT2D eigenvalue weighted by atomic mass is 10.2. The highest BCUT2D eigenvalue weighted by atomic mass is 16.2. The van der Waals surface area contributed by atoms with Crippen LogP contribution in [0, 0.1) is 0 Å². The van der Waals surface area contributed by atoms with Gasteiger partial charge >= 0.3 is 0 Å². The first-order chi connectivity index (χ1) is 11.8. The molecule has 1 aromatic carbocycles. The Morgan fingerprint density at radius 2 is 2.00 bits per heavy atom. The Kier molecular flexibility index (Phi) is 5.72. The number of hydrogen-bond acceptors (Lipinski definition) is 2. The molecule has 0 atom stereocenters. The van der Waals surface area contributed by atoms with E-state index in [2.05, 4.69) is 29.3 Å². The highest BCUT2D eigenvalue weighted by molar-refractivity contribution is 5.95. The Morgan fingerprint density at radius 3 is 2.79 bits per heavy atom. The van der Waals surface area contributed by atoms with Crippen molar-refractivity contribution < 1.29 is 4.79 Å². The molecule has 0 bridgehead atoms. The number of carbonyl (C=O) groups is 1. The number of nitrogens with zero attached hydrogens (tertiary/aromatic N) is 3. The lowest BCUT2D eigenvalue weighted by Gasteiger charge is -2.21. The van der Waals surface area contributed by atoms with Crippen molar-refractivity contribution in [2.75, 3.05) is 37.6 Å². The van der Waals surface area contributed by atoms with Gasteiger partial charge in [0.25, 0.3) is 0 Å². The zero-order valence-corrected chi connectivity index (χ0v) is 14.6. The van der Waals surface area contributed by atoms with Gasteiger partial charge in [0.2, 0.25) is 5.91 Å². The molecule has 0 saturated carbocycles. The molecule has 2 aliphatic heterocycles. The number of carbonyl (C=O) groups excluding carboxylic acids is 1. The van der Waals surface area contributed by atoms with Gasteiger partial charge < -0.3 is 15.1 Å². The first-order valence-corrected chi connectivity index (χ1v) is 9.21. The molecule has 3 rings (SSSR count). The van der Waals surface area contributed by atoms with E-state index in [-0.39, 0.29) is 5.91 Å². The molecule has 1 amide bonds. The summed E-state index contributed by atoms with van der Waals surface area (Å²) in [6, 6.07) is 8.22. The smallest absolute Gasteiger partial charge is 0.227 e. The maximum absolute atomic E-state index is 12.5. The average Bonchev–Trinajstić information content (AvgIpc) is 3.26. The van der Waals surface area contributed by atoms with Crippen molar-refractivity contribution in [1.29, 1.82) is 0 Å². The van der Waals surface area contributed by atoms with Gasteiger partial charge in [-0.15, -0.1) is 0 Å². The van der Waals surface area contributed by atoms with Crippen molar-refractivity contribution in [3.05, 3.63) is 29.8 Å². The van der Waals surface area contributed by atoms with Gasteiger partial charge in [0, 0.05) is 44.8 Å². The van der Waals surface area contributed by atoms with Crippen LogP contribution in [0.15, 0.2) is 29.3 Å². The molecule has 5 heteroatoms. The van der Waals surface area contributed by atoms with Crippen molar-refractivity contribution in [2.45, 2.75) is 39.0 Å². The Bertz CT molecular complexity index is 593. The number of anilines is 1. The highest BCUT2D eigenvalue weighted by Gasteiger charge is 2.23. The summed E-state index contributed by atoms with van der Waals surface area (Å²) in [5, 5.41) is 3.36. The number of fused-ring (bicyclic) bond motifs is 1. The van der Waals surface area contributed by atoms with E-state index in [0.717, 1.165) is 50.7 Å². The fourth-order valence-corrected chi connectivity index (χ4v) is 3.50. The molecular formula is C19H28N4O. The van der Waals surface area contributed by atoms with E-state index >= 15 is 0 Å². The monoisotopic (exact) mass is 328 g/mol. The summed E-state index contributed by atoms with van der Waals surface area (Å²) in [5.74, 6) is 1.23. The first-order valence-electron chi connectivity index (χ1n) is 9.21. The van der Waals surface area contributed by atoms with Crippen LogP contribution in [0.4, 0.5) is 5.69 Å². The maximum atomic E-state index is 12.5. The summed E-state index contributed by atoms with van der Waals surface area (Å²) in [6.07, 6.45) is 4.84. The first kappa shape index (κ1) is 16.8. The second-order valence-electron chi connectivity index (χ2n) is 6.46. The number of benzene rings is 1. The van der Waals surface area contributed by atoms with Crippen LogP contribution in [0.2, 0.25) is 0 Å². The van der Waals surface area contributed by atoms with Crippen LogP contribution < -0.4 is 10.2 Å². The third kappa shape index (κ3) is 3.89. The number of hydrogen-bond donors (Lipinski definition) is 1. The Balaban J connectivity index is 1.49. The van der Waals surface area contributed by atoms with Gasteiger partial charge in [-0.05, 0) is 44.2 Å². The number of guanidine groups is 1. The van der Waals surface area contributed by atoms with Crippen molar-refractivity contribution >= 4 is 17.6 Å². The summed E-state index contributed by atoms with van der Waals surface area (Å²) in [6.45, 7) is 6.70. The largest absolute Gasteiger partial charge is 0.357 e. The third-order valence-corrected chi connectivity index (χ3v) is 4.74. The third-order valence-electron chi connectivity index (χ3n) is 4.74.